The quantitative estimate of drug-likeness (QED) is 0.297. The van der Waals surface area contributed by atoms with Crippen molar-refractivity contribution < 1.29 is 24.2 Å². The number of anilines is 1. The van der Waals surface area contributed by atoms with Crippen LogP contribution in [-0.4, -0.2) is 95.6 Å². The van der Waals surface area contributed by atoms with Crippen molar-refractivity contribution in [2.24, 2.45) is 0 Å². The normalized spacial score (nSPS) is 18.9. The average molecular weight is 577 g/mol. The maximum Gasteiger partial charge on any atom is 0.319 e. The van der Waals surface area contributed by atoms with E-state index in [1.807, 2.05) is 11.8 Å². The van der Waals surface area contributed by atoms with Gasteiger partial charge < -0.3 is 29.3 Å². The third kappa shape index (κ3) is 6.82. The molecule has 2 fully saturated rings. The number of carbonyl (C=O) groups is 2. The zero-order chi connectivity index (χ0) is 30.2. The van der Waals surface area contributed by atoms with E-state index in [1.165, 1.54) is 19.3 Å². The Morgan fingerprint density at radius 2 is 2.02 bits per heavy atom. The first-order valence-electron chi connectivity index (χ1n) is 14.5. The summed E-state index contributed by atoms with van der Waals surface area (Å²) in [6.45, 7) is 8.22. The van der Waals surface area contributed by atoms with Crippen LogP contribution in [0.3, 0.4) is 0 Å². The van der Waals surface area contributed by atoms with Crippen LogP contribution in [0.15, 0.2) is 30.9 Å². The third-order valence-corrected chi connectivity index (χ3v) is 8.04. The standard InChI is InChI=1S/C31H40N6O5/c1-5-9-23-29(26(39)18-24-25(38)11-7-12-27(24)41-4)33-31(42-20-22-10-8-15-35(22)3)34-30(23)36-16-17-37(28(40)6-2)21(19-36)13-14-32/h6-7,11-12,21-22,38H,2,5,8-10,13,15-20H2,1,3-4H3. The van der Waals surface area contributed by atoms with Crippen molar-refractivity contribution in [3.8, 4) is 23.6 Å². The number of piperazine rings is 1. The summed E-state index contributed by atoms with van der Waals surface area (Å²) in [6, 6.07) is 7.05. The number of phenolic OH excluding ortho intramolecular Hbond substituents is 1. The van der Waals surface area contributed by atoms with Crippen molar-refractivity contribution in [2.45, 2.75) is 57.5 Å². The van der Waals surface area contributed by atoms with Gasteiger partial charge in [-0.2, -0.15) is 15.2 Å². The minimum atomic E-state index is -0.361. The minimum Gasteiger partial charge on any atom is -0.508 e. The Kier molecular flexibility index (Phi) is 10.4. The predicted molar refractivity (Wildman–Crippen MR) is 158 cm³/mol. The topological polar surface area (TPSA) is 132 Å². The summed E-state index contributed by atoms with van der Waals surface area (Å²) in [4.78, 5) is 41.8. The van der Waals surface area contributed by atoms with E-state index in [2.05, 4.69) is 29.6 Å². The summed E-state index contributed by atoms with van der Waals surface area (Å²) in [5.41, 5.74) is 1.30. The molecule has 11 heteroatoms. The Morgan fingerprint density at radius 1 is 1.21 bits per heavy atom. The van der Waals surface area contributed by atoms with E-state index in [4.69, 9.17) is 14.5 Å². The van der Waals surface area contributed by atoms with Crippen LogP contribution in [0.4, 0.5) is 5.82 Å². The number of hydrogen-bond acceptors (Lipinski definition) is 10. The van der Waals surface area contributed by atoms with Gasteiger partial charge in [0.05, 0.1) is 25.6 Å². The fourth-order valence-electron chi connectivity index (χ4n) is 5.75. The molecular formula is C31H40N6O5. The van der Waals surface area contributed by atoms with Crippen LogP contribution in [0.25, 0.3) is 0 Å². The van der Waals surface area contributed by atoms with E-state index in [0.29, 0.717) is 55.4 Å². The molecule has 1 N–H and O–H groups in total. The summed E-state index contributed by atoms with van der Waals surface area (Å²) in [6.07, 6.45) is 4.67. The summed E-state index contributed by atoms with van der Waals surface area (Å²) >= 11 is 0. The number of rotatable bonds is 12. The number of aromatic hydroxyl groups is 1. The molecule has 2 atom stereocenters. The molecule has 0 saturated carbocycles. The summed E-state index contributed by atoms with van der Waals surface area (Å²) in [7, 11) is 3.56. The highest BCUT2D eigenvalue weighted by Gasteiger charge is 2.33. The first-order valence-corrected chi connectivity index (χ1v) is 14.5. The number of methoxy groups -OCH3 is 1. The van der Waals surface area contributed by atoms with Crippen molar-refractivity contribution in [2.75, 3.05) is 51.8 Å². The van der Waals surface area contributed by atoms with E-state index < -0.39 is 0 Å². The molecule has 0 radical (unpaired) electrons. The van der Waals surface area contributed by atoms with E-state index in [-0.39, 0.29) is 54.1 Å². The number of likely N-dealkylation sites (N-methyl/N-ethyl adjacent to an activating group) is 1. The molecule has 11 nitrogen and oxygen atoms in total. The first-order chi connectivity index (χ1) is 20.3. The molecule has 2 aromatic rings. The van der Waals surface area contributed by atoms with Gasteiger partial charge in [-0.3, -0.25) is 9.59 Å². The van der Waals surface area contributed by atoms with E-state index in [9.17, 15) is 20.0 Å². The lowest BCUT2D eigenvalue weighted by molar-refractivity contribution is -0.128. The molecular weight excluding hydrogens is 536 g/mol. The van der Waals surface area contributed by atoms with Gasteiger partial charge in [-0.05, 0) is 51.1 Å². The highest BCUT2D eigenvalue weighted by atomic mass is 16.5. The molecule has 0 spiro atoms. The molecule has 0 bridgehead atoms. The number of likely N-dealkylation sites (tertiary alicyclic amines) is 1. The fourth-order valence-corrected chi connectivity index (χ4v) is 5.75. The molecule has 1 amide bonds. The Hall–Kier alpha value is -4.17. The lowest BCUT2D eigenvalue weighted by atomic mass is 9.99. The number of ether oxygens (including phenoxy) is 2. The number of hydrogen-bond donors (Lipinski definition) is 1. The minimum absolute atomic E-state index is 0.0304. The molecule has 3 heterocycles. The number of aromatic nitrogens is 2. The smallest absolute Gasteiger partial charge is 0.319 e. The molecule has 42 heavy (non-hydrogen) atoms. The van der Waals surface area contributed by atoms with E-state index >= 15 is 0 Å². The highest BCUT2D eigenvalue weighted by molar-refractivity contribution is 5.99. The fraction of sp³-hybridized carbons (Fsp3) is 0.516. The highest BCUT2D eigenvalue weighted by Crippen LogP contribution is 2.32. The van der Waals surface area contributed by atoms with Crippen LogP contribution in [0.5, 0.6) is 17.5 Å². The average Bonchev–Trinajstić information content (AvgIpc) is 3.41. The van der Waals surface area contributed by atoms with Crippen LogP contribution >= 0.6 is 0 Å². The van der Waals surface area contributed by atoms with Crippen molar-refractivity contribution in [1.29, 1.82) is 5.26 Å². The third-order valence-electron chi connectivity index (χ3n) is 8.04. The first kappa shape index (κ1) is 30.8. The second-order valence-corrected chi connectivity index (χ2v) is 10.8. The van der Waals surface area contributed by atoms with Gasteiger partial charge in [0.2, 0.25) is 5.91 Å². The predicted octanol–water partition coefficient (Wildman–Crippen LogP) is 3.16. The Labute approximate surface area is 247 Å². The van der Waals surface area contributed by atoms with Gasteiger partial charge in [-0.1, -0.05) is 26.0 Å². The van der Waals surface area contributed by atoms with Crippen molar-refractivity contribution in [3.63, 3.8) is 0 Å². The van der Waals surface area contributed by atoms with Gasteiger partial charge in [-0.15, -0.1) is 0 Å². The SMILES string of the molecule is C=CC(=O)N1CCN(c2nc(OCC3CCCN3C)nc(C(=O)Cc3c(O)cccc3OC)c2CCC)CC1CC#N. The number of carbonyl (C=O) groups excluding carboxylic acids is 2. The summed E-state index contributed by atoms with van der Waals surface area (Å²) in [5, 5.41) is 20.0. The molecule has 2 unspecified atom stereocenters. The Balaban J connectivity index is 1.75. The van der Waals surface area contributed by atoms with Crippen molar-refractivity contribution >= 4 is 17.5 Å². The lowest BCUT2D eigenvalue weighted by Gasteiger charge is -2.41. The molecule has 0 aliphatic carbocycles. The van der Waals surface area contributed by atoms with Crippen LogP contribution in [0.2, 0.25) is 0 Å². The largest absolute Gasteiger partial charge is 0.508 e. The van der Waals surface area contributed by atoms with Gasteiger partial charge in [0, 0.05) is 43.2 Å². The van der Waals surface area contributed by atoms with Gasteiger partial charge >= 0.3 is 6.01 Å². The van der Waals surface area contributed by atoms with Crippen LogP contribution < -0.4 is 14.4 Å². The number of phenols is 1. The molecule has 224 valence electrons. The van der Waals surface area contributed by atoms with Gasteiger partial charge in [-0.25, -0.2) is 0 Å². The van der Waals surface area contributed by atoms with Crippen molar-refractivity contribution in [3.05, 3.63) is 47.7 Å². The monoisotopic (exact) mass is 576 g/mol. The van der Waals surface area contributed by atoms with Crippen LogP contribution in [0, 0.1) is 11.3 Å². The molecule has 4 rings (SSSR count). The molecule has 2 aliphatic heterocycles. The van der Waals surface area contributed by atoms with Gasteiger partial charge in [0.25, 0.3) is 0 Å². The summed E-state index contributed by atoms with van der Waals surface area (Å²) < 4.78 is 11.6. The number of ketones is 1. The second kappa shape index (κ2) is 14.1. The van der Waals surface area contributed by atoms with Crippen LogP contribution in [-0.2, 0) is 17.6 Å². The van der Waals surface area contributed by atoms with Gasteiger partial charge in [0.1, 0.15) is 29.6 Å². The maximum atomic E-state index is 13.9. The lowest BCUT2D eigenvalue weighted by Crippen LogP contribution is -2.55. The zero-order valence-corrected chi connectivity index (χ0v) is 24.7. The molecule has 2 aliphatic rings. The van der Waals surface area contributed by atoms with E-state index in [0.717, 1.165) is 25.8 Å². The molecule has 2 saturated heterocycles. The van der Waals surface area contributed by atoms with Crippen LogP contribution in [0.1, 0.15) is 54.2 Å². The number of benzene rings is 1. The number of nitriles is 1. The Bertz CT molecular complexity index is 1340. The second-order valence-electron chi connectivity index (χ2n) is 10.8. The van der Waals surface area contributed by atoms with E-state index in [1.54, 1.807) is 17.0 Å². The zero-order valence-electron chi connectivity index (χ0n) is 24.7. The molecule has 1 aromatic heterocycles. The van der Waals surface area contributed by atoms with Gasteiger partial charge in [0.15, 0.2) is 5.78 Å². The Morgan fingerprint density at radius 3 is 2.69 bits per heavy atom. The number of amides is 1. The number of Topliss-reactive ketones (excluding diaryl/α,β-unsaturated/α-hetero) is 1. The van der Waals surface area contributed by atoms with Crippen molar-refractivity contribution in [1.82, 2.24) is 19.8 Å². The number of nitrogens with zero attached hydrogens (tertiary/aromatic N) is 6. The molecule has 1 aromatic carbocycles. The summed E-state index contributed by atoms with van der Waals surface area (Å²) in [5.74, 6) is 0.445. The maximum absolute atomic E-state index is 13.9.